The molecule has 0 amide bonds. The summed E-state index contributed by atoms with van der Waals surface area (Å²) >= 11 is 0. The van der Waals surface area contributed by atoms with Crippen LogP contribution in [0.25, 0.3) is 5.52 Å². The van der Waals surface area contributed by atoms with E-state index < -0.39 is 17.8 Å². The summed E-state index contributed by atoms with van der Waals surface area (Å²) in [6.07, 6.45) is -4.58. The van der Waals surface area contributed by atoms with Gasteiger partial charge in [-0.15, -0.1) is 0 Å². The van der Waals surface area contributed by atoms with Crippen LogP contribution in [-0.4, -0.2) is 20.7 Å². The van der Waals surface area contributed by atoms with E-state index in [2.05, 4.69) is 5.10 Å². The molecule has 0 aliphatic rings. The van der Waals surface area contributed by atoms with Crippen molar-refractivity contribution in [2.45, 2.75) is 13.1 Å². The van der Waals surface area contributed by atoms with Gasteiger partial charge < -0.3 is 5.11 Å². The van der Waals surface area contributed by atoms with Crippen molar-refractivity contribution in [1.82, 2.24) is 9.61 Å². The highest BCUT2D eigenvalue weighted by atomic mass is 19.4. The van der Waals surface area contributed by atoms with Crippen molar-refractivity contribution in [2.75, 3.05) is 0 Å². The van der Waals surface area contributed by atoms with Crippen LogP contribution in [0.5, 0.6) is 0 Å². The molecule has 2 aromatic rings. The number of aromatic nitrogens is 2. The number of pyridine rings is 1. The third kappa shape index (κ3) is 1.73. The Labute approximate surface area is 93.3 Å². The predicted molar refractivity (Wildman–Crippen MR) is 51.9 cm³/mol. The zero-order valence-electron chi connectivity index (χ0n) is 8.62. The number of aromatic carboxylic acids is 1. The number of halogens is 3. The molecule has 0 aliphatic carbocycles. The standard InChI is InChI=1S/C10H7F3N2O2/c1-5-8(9(16)17)6-3-2-4-7(10(11,12)13)15(6)14-5/h2-4H,1H3,(H,16,17). The summed E-state index contributed by atoms with van der Waals surface area (Å²) in [7, 11) is 0. The maximum Gasteiger partial charge on any atom is 0.433 e. The summed E-state index contributed by atoms with van der Waals surface area (Å²) in [5.41, 5.74) is -1.22. The number of aryl methyl sites for hydroxylation is 1. The van der Waals surface area contributed by atoms with Crippen LogP contribution in [0.15, 0.2) is 18.2 Å². The highest BCUT2D eigenvalue weighted by Crippen LogP contribution is 2.30. The zero-order valence-corrected chi connectivity index (χ0v) is 8.62. The van der Waals surface area contributed by atoms with Crippen LogP contribution in [0.2, 0.25) is 0 Å². The molecule has 0 atom stereocenters. The summed E-state index contributed by atoms with van der Waals surface area (Å²) in [6.45, 7) is 1.36. The van der Waals surface area contributed by atoms with E-state index in [1.54, 1.807) is 0 Å². The van der Waals surface area contributed by atoms with Gasteiger partial charge in [0.15, 0.2) is 0 Å². The Morgan fingerprint density at radius 3 is 2.59 bits per heavy atom. The molecule has 90 valence electrons. The Morgan fingerprint density at radius 1 is 1.41 bits per heavy atom. The van der Waals surface area contributed by atoms with Gasteiger partial charge in [-0.2, -0.15) is 18.3 Å². The number of fused-ring (bicyclic) bond motifs is 1. The van der Waals surface area contributed by atoms with E-state index in [-0.39, 0.29) is 16.8 Å². The lowest BCUT2D eigenvalue weighted by Crippen LogP contribution is -2.12. The first kappa shape index (κ1) is 11.4. The van der Waals surface area contributed by atoms with Gasteiger partial charge in [0.05, 0.1) is 11.2 Å². The Bertz CT molecular complexity index is 601. The first-order valence-electron chi connectivity index (χ1n) is 4.61. The third-order valence-corrected chi connectivity index (χ3v) is 2.34. The van der Waals surface area contributed by atoms with Crippen molar-refractivity contribution in [3.8, 4) is 0 Å². The van der Waals surface area contributed by atoms with Crippen LogP contribution in [-0.2, 0) is 6.18 Å². The maximum atomic E-state index is 12.7. The Kier molecular flexibility index (Phi) is 2.34. The van der Waals surface area contributed by atoms with Crippen LogP contribution in [0.1, 0.15) is 21.7 Å². The molecule has 0 spiro atoms. The molecular formula is C10H7F3N2O2. The lowest BCUT2D eigenvalue weighted by molar-refractivity contribution is -0.142. The summed E-state index contributed by atoms with van der Waals surface area (Å²) in [5, 5.41) is 12.5. The van der Waals surface area contributed by atoms with E-state index >= 15 is 0 Å². The molecular weight excluding hydrogens is 237 g/mol. The summed E-state index contributed by atoms with van der Waals surface area (Å²) < 4.78 is 38.6. The van der Waals surface area contributed by atoms with Gasteiger partial charge in [-0.05, 0) is 19.1 Å². The molecule has 0 fully saturated rings. The Balaban J connectivity index is 2.85. The summed E-state index contributed by atoms with van der Waals surface area (Å²) in [4.78, 5) is 10.9. The van der Waals surface area contributed by atoms with Crippen LogP contribution in [0.3, 0.4) is 0 Å². The normalized spacial score (nSPS) is 12.0. The average molecular weight is 244 g/mol. The number of alkyl halides is 3. The van der Waals surface area contributed by atoms with E-state index in [4.69, 9.17) is 5.11 Å². The lowest BCUT2D eigenvalue weighted by atomic mass is 10.2. The molecule has 0 radical (unpaired) electrons. The monoisotopic (exact) mass is 244 g/mol. The smallest absolute Gasteiger partial charge is 0.433 e. The zero-order chi connectivity index (χ0) is 12.8. The highest BCUT2D eigenvalue weighted by Gasteiger charge is 2.34. The number of hydrogen-bond donors (Lipinski definition) is 1. The molecule has 17 heavy (non-hydrogen) atoms. The fourth-order valence-corrected chi connectivity index (χ4v) is 1.66. The van der Waals surface area contributed by atoms with Gasteiger partial charge in [0, 0.05) is 0 Å². The number of carbonyl (C=O) groups is 1. The van der Waals surface area contributed by atoms with Gasteiger partial charge >= 0.3 is 12.1 Å². The summed E-state index contributed by atoms with van der Waals surface area (Å²) in [6, 6.07) is 3.30. The molecule has 0 aliphatic heterocycles. The minimum Gasteiger partial charge on any atom is -0.478 e. The fourth-order valence-electron chi connectivity index (χ4n) is 1.66. The first-order chi connectivity index (χ1) is 7.82. The molecule has 0 bridgehead atoms. The van der Waals surface area contributed by atoms with Crippen LogP contribution in [0.4, 0.5) is 13.2 Å². The lowest BCUT2D eigenvalue weighted by Gasteiger charge is -2.08. The van der Waals surface area contributed by atoms with Gasteiger partial charge in [-0.25, -0.2) is 9.31 Å². The van der Waals surface area contributed by atoms with Crippen LogP contribution >= 0.6 is 0 Å². The Hall–Kier alpha value is -2.05. The number of hydrogen-bond acceptors (Lipinski definition) is 2. The van der Waals surface area contributed by atoms with E-state index in [1.165, 1.54) is 13.0 Å². The van der Waals surface area contributed by atoms with Gasteiger partial charge in [0.2, 0.25) is 0 Å². The molecule has 2 heterocycles. The predicted octanol–water partition coefficient (Wildman–Crippen LogP) is 2.36. The van der Waals surface area contributed by atoms with E-state index in [0.29, 0.717) is 4.52 Å². The quantitative estimate of drug-likeness (QED) is 0.837. The third-order valence-electron chi connectivity index (χ3n) is 2.34. The molecule has 2 aromatic heterocycles. The summed E-state index contributed by atoms with van der Waals surface area (Å²) in [5.74, 6) is -1.29. The number of carboxylic acids is 1. The Morgan fingerprint density at radius 2 is 2.06 bits per heavy atom. The minimum absolute atomic E-state index is 0.0502. The second-order valence-electron chi connectivity index (χ2n) is 3.47. The molecule has 2 rings (SSSR count). The van der Waals surface area contributed by atoms with Crippen molar-refractivity contribution in [1.29, 1.82) is 0 Å². The van der Waals surface area contributed by atoms with Crippen LogP contribution < -0.4 is 0 Å². The molecule has 7 heteroatoms. The highest BCUT2D eigenvalue weighted by molar-refractivity contribution is 5.96. The fraction of sp³-hybridized carbons (Fsp3) is 0.200. The number of nitrogens with zero attached hydrogens (tertiary/aromatic N) is 2. The van der Waals surface area contributed by atoms with Gasteiger partial charge in [-0.1, -0.05) is 6.07 Å². The molecule has 0 saturated heterocycles. The topological polar surface area (TPSA) is 54.6 Å². The van der Waals surface area contributed by atoms with Crippen molar-refractivity contribution in [2.24, 2.45) is 0 Å². The van der Waals surface area contributed by atoms with E-state index in [0.717, 1.165) is 12.1 Å². The average Bonchev–Trinajstić information content (AvgIpc) is 2.51. The second kappa shape index (κ2) is 3.47. The molecule has 0 unspecified atom stereocenters. The van der Waals surface area contributed by atoms with E-state index in [9.17, 15) is 18.0 Å². The van der Waals surface area contributed by atoms with Crippen molar-refractivity contribution in [3.63, 3.8) is 0 Å². The van der Waals surface area contributed by atoms with Gasteiger partial charge in [0.1, 0.15) is 11.3 Å². The van der Waals surface area contributed by atoms with Crippen molar-refractivity contribution < 1.29 is 23.1 Å². The van der Waals surface area contributed by atoms with Crippen LogP contribution in [0, 0.1) is 6.92 Å². The first-order valence-corrected chi connectivity index (χ1v) is 4.61. The molecule has 4 nitrogen and oxygen atoms in total. The number of rotatable bonds is 1. The molecule has 1 N–H and O–H groups in total. The van der Waals surface area contributed by atoms with E-state index in [1.807, 2.05) is 0 Å². The maximum absolute atomic E-state index is 12.7. The number of carboxylic acid groups (broad SMARTS) is 1. The van der Waals surface area contributed by atoms with Gasteiger partial charge in [-0.3, -0.25) is 0 Å². The molecule has 0 saturated carbocycles. The van der Waals surface area contributed by atoms with Gasteiger partial charge in [0.25, 0.3) is 0 Å². The SMILES string of the molecule is Cc1nn2c(C(F)(F)F)cccc2c1C(=O)O. The minimum atomic E-state index is -4.58. The largest absolute Gasteiger partial charge is 0.478 e. The molecule has 0 aromatic carbocycles. The second-order valence-corrected chi connectivity index (χ2v) is 3.47. The van der Waals surface area contributed by atoms with Crippen molar-refractivity contribution in [3.05, 3.63) is 35.2 Å². The van der Waals surface area contributed by atoms with Crippen molar-refractivity contribution >= 4 is 11.5 Å².